The van der Waals surface area contributed by atoms with Crippen molar-refractivity contribution in [3.05, 3.63) is 23.7 Å². The molecule has 0 aromatic carbocycles. The molecule has 0 radical (unpaired) electrons. The van der Waals surface area contributed by atoms with E-state index >= 15 is 0 Å². The highest BCUT2D eigenvalue weighted by Gasteiger charge is 2.24. The Morgan fingerprint density at radius 2 is 1.89 bits per heavy atom. The van der Waals surface area contributed by atoms with Crippen molar-refractivity contribution in [3.63, 3.8) is 0 Å². The second-order valence-electron chi connectivity index (χ2n) is 5.91. The van der Waals surface area contributed by atoms with Gasteiger partial charge in [0.15, 0.2) is 5.76 Å². The topological polar surface area (TPSA) is 55.1 Å². The highest BCUT2D eigenvalue weighted by molar-refractivity contribution is 5.62. The molecule has 0 atom stereocenters. The van der Waals surface area contributed by atoms with E-state index in [1.807, 2.05) is 38.2 Å². The summed E-state index contributed by atoms with van der Waals surface area (Å²) in [5, 5.41) is 3.93. The zero-order valence-corrected chi connectivity index (χ0v) is 12.4. The fraction of sp³-hybridized carbons (Fsp3) is 0.500. The predicted molar refractivity (Wildman–Crippen MR) is 75.3 cm³/mol. The number of hydrogen-bond acceptors (Lipinski definition) is 5. The van der Waals surface area contributed by atoms with E-state index in [4.69, 9.17) is 4.52 Å². The van der Waals surface area contributed by atoms with Gasteiger partial charge in [-0.05, 0) is 6.92 Å². The highest BCUT2D eigenvalue weighted by Crippen LogP contribution is 2.32. The summed E-state index contributed by atoms with van der Waals surface area (Å²) in [5.74, 6) is 1.41. The molecule has 0 saturated heterocycles. The van der Waals surface area contributed by atoms with Crippen molar-refractivity contribution in [1.29, 1.82) is 0 Å². The van der Waals surface area contributed by atoms with E-state index in [9.17, 15) is 0 Å². The molecule has 2 heterocycles. The van der Waals surface area contributed by atoms with Crippen molar-refractivity contribution in [1.82, 2.24) is 15.1 Å². The van der Waals surface area contributed by atoms with Crippen LogP contribution in [-0.4, -0.2) is 29.2 Å². The highest BCUT2D eigenvalue weighted by atomic mass is 16.5. The van der Waals surface area contributed by atoms with Crippen LogP contribution in [0.25, 0.3) is 11.3 Å². The van der Waals surface area contributed by atoms with Crippen molar-refractivity contribution in [2.45, 2.75) is 33.1 Å². The first-order valence-electron chi connectivity index (χ1n) is 6.27. The predicted octanol–water partition coefficient (Wildman–Crippen LogP) is 2.80. The van der Waals surface area contributed by atoms with Crippen LogP contribution in [0.15, 0.2) is 16.8 Å². The van der Waals surface area contributed by atoms with Crippen LogP contribution in [0.1, 0.15) is 32.2 Å². The van der Waals surface area contributed by atoms with Crippen LogP contribution in [0.4, 0.5) is 5.95 Å². The molecule has 0 fully saturated rings. The van der Waals surface area contributed by atoms with Crippen LogP contribution >= 0.6 is 0 Å². The lowest BCUT2D eigenvalue weighted by Crippen LogP contribution is -2.20. The summed E-state index contributed by atoms with van der Waals surface area (Å²) < 4.78 is 5.34. The smallest absolute Gasteiger partial charge is 0.225 e. The molecular formula is C14H20N4O. The van der Waals surface area contributed by atoms with Crippen molar-refractivity contribution >= 4 is 5.95 Å². The van der Waals surface area contributed by atoms with Gasteiger partial charge in [0.25, 0.3) is 0 Å². The molecule has 5 heteroatoms. The maximum Gasteiger partial charge on any atom is 0.225 e. The van der Waals surface area contributed by atoms with Crippen LogP contribution in [0.2, 0.25) is 0 Å². The van der Waals surface area contributed by atoms with Crippen LogP contribution in [0.3, 0.4) is 0 Å². The third kappa shape index (κ3) is 2.75. The second-order valence-corrected chi connectivity index (χ2v) is 5.91. The fourth-order valence-electron chi connectivity index (χ4n) is 1.83. The Balaban J connectivity index is 2.61. The third-order valence-electron chi connectivity index (χ3n) is 2.78. The zero-order chi connectivity index (χ0) is 14.2. The number of hydrogen-bond donors (Lipinski definition) is 0. The Kier molecular flexibility index (Phi) is 3.30. The van der Waals surface area contributed by atoms with Crippen molar-refractivity contribution < 1.29 is 4.52 Å². The molecule has 0 saturated carbocycles. The van der Waals surface area contributed by atoms with Crippen LogP contribution in [0, 0.1) is 6.92 Å². The molecular weight excluding hydrogens is 240 g/mol. The monoisotopic (exact) mass is 260 g/mol. The largest absolute Gasteiger partial charge is 0.356 e. The van der Waals surface area contributed by atoms with Gasteiger partial charge in [-0.15, -0.1) is 0 Å². The molecule has 0 N–H and O–H groups in total. The molecule has 2 rings (SSSR count). The number of aromatic nitrogens is 3. The van der Waals surface area contributed by atoms with Gasteiger partial charge in [-0.2, -0.15) is 0 Å². The Labute approximate surface area is 113 Å². The molecule has 2 aromatic heterocycles. The Bertz CT molecular complexity index is 581. The molecule has 2 aromatic rings. The minimum absolute atomic E-state index is 0.0935. The SMILES string of the molecule is Cc1cc(-c2cnc(N(C)C)nc2C(C)(C)C)on1. The summed E-state index contributed by atoms with van der Waals surface area (Å²) in [6.07, 6.45) is 1.81. The van der Waals surface area contributed by atoms with Gasteiger partial charge in [0, 0.05) is 31.8 Å². The van der Waals surface area contributed by atoms with Crippen LogP contribution in [0.5, 0.6) is 0 Å². The molecule has 19 heavy (non-hydrogen) atoms. The van der Waals surface area contributed by atoms with Gasteiger partial charge in [-0.1, -0.05) is 25.9 Å². The van der Waals surface area contributed by atoms with E-state index in [-0.39, 0.29) is 5.41 Å². The van der Waals surface area contributed by atoms with E-state index in [0.717, 1.165) is 17.0 Å². The van der Waals surface area contributed by atoms with Gasteiger partial charge < -0.3 is 9.42 Å². The Hall–Kier alpha value is -1.91. The normalized spacial score (nSPS) is 11.7. The van der Waals surface area contributed by atoms with E-state index in [2.05, 4.69) is 35.9 Å². The van der Waals surface area contributed by atoms with Gasteiger partial charge >= 0.3 is 0 Å². The van der Waals surface area contributed by atoms with E-state index < -0.39 is 0 Å². The van der Waals surface area contributed by atoms with Crippen molar-refractivity contribution in [3.8, 4) is 11.3 Å². The first-order valence-corrected chi connectivity index (χ1v) is 6.27. The van der Waals surface area contributed by atoms with E-state index in [1.165, 1.54) is 0 Å². The summed E-state index contributed by atoms with van der Waals surface area (Å²) in [7, 11) is 3.86. The maximum atomic E-state index is 5.34. The molecule has 0 amide bonds. The second kappa shape index (κ2) is 4.64. The lowest BCUT2D eigenvalue weighted by molar-refractivity contribution is 0.425. The van der Waals surface area contributed by atoms with Crippen LogP contribution < -0.4 is 4.90 Å². The lowest BCUT2D eigenvalue weighted by Gasteiger charge is -2.22. The molecule has 0 unspecified atom stereocenters. The first kappa shape index (κ1) is 13.5. The number of anilines is 1. The van der Waals surface area contributed by atoms with Gasteiger partial charge in [0.2, 0.25) is 5.95 Å². The van der Waals surface area contributed by atoms with Gasteiger partial charge in [-0.25, -0.2) is 9.97 Å². The first-order chi connectivity index (χ1) is 8.79. The minimum atomic E-state index is -0.0935. The van der Waals surface area contributed by atoms with E-state index in [0.29, 0.717) is 11.7 Å². The molecule has 0 spiro atoms. The fourth-order valence-corrected chi connectivity index (χ4v) is 1.83. The Morgan fingerprint density at radius 1 is 1.21 bits per heavy atom. The number of nitrogens with zero attached hydrogens (tertiary/aromatic N) is 4. The minimum Gasteiger partial charge on any atom is -0.356 e. The maximum absolute atomic E-state index is 5.34. The summed E-state index contributed by atoms with van der Waals surface area (Å²) >= 11 is 0. The van der Waals surface area contributed by atoms with Crippen molar-refractivity contribution in [2.75, 3.05) is 19.0 Å². The number of aryl methyl sites for hydroxylation is 1. The zero-order valence-electron chi connectivity index (χ0n) is 12.4. The third-order valence-corrected chi connectivity index (χ3v) is 2.78. The van der Waals surface area contributed by atoms with Gasteiger partial charge in [0.1, 0.15) is 0 Å². The lowest BCUT2D eigenvalue weighted by atomic mass is 9.88. The Morgan fingerprint density at radius 3 is 2.37 bits per heavy atom. The molecule has 0 aliphatic rings. The average molecular weight is 260 g/mol. The summed E-state index contributed by atoms with van der Waals surface area (Å²) in [5.41, 5.74) is 2.62. The van der Waals surface area contributed by atoms with Crippen molar-refractivity contribution in [2.24, 2.45) is 0 Å². The molecule has 0 aliphatic carbocycles. The summed E-state index contributed by atoms with van der Waals surface area (Å²) in [6, 6.07) is 1.91. The quantitative estimate of drug-likeness (QED) is 0.831. The van der Waals surface area contributed by atoms with E-state index in [1.54, 1.807) is 0 Å². The van der Waals surface area contributed by atoms with Gasteiger partial charge in [-0.3, -0.25) is 0 Å². The summed E-state index contributed by atoms with van der Waals surface area (Å²) in [6.45, 7) is 8.28. The van der Waals surface area contributed by atoms with Gasteiger partial charge in [0.05, 0.1) is 17.0 Å². The molecule has 0 aliphatic heterocycles. The number of rotatable bonds is 2. The van der Waals surface area contributed by atoms with Crippen LogP contribution in [-0.2, 0) is 5.41 Å². The summed E-state index contributed by atoms with van der Waals surface area (Å²) in [4.78, 5) is 10.9. The standard InChI is InChI=1S/C14H20N4O/c1-9-7-11(19-17-9)10-8-15-13(18(5)6)16-12(10)14(2,3)4/h7-8H,1-6H3. The average Bonchev–Trinajstić information content (AvgIpc) is 2.73. The molecule has 5 nitrogen and oxygen atoms in total. The molecule has 102 valence electrons. The molecule has 0 bridgehead atoms.